The van der Waals surface area contributed by atoms with Gasteiger partial charge in [-0.3, -0.25) is 0 Å². The van der Waals surface area contributed by atoms with Crippen LogP contribution in [0.25, 0.3) is 0 Å². The lowest BCUT2D eigenvalue weighted by Crippen LogP contribution is -2.27. The zero-order chi connectivity index (χ0) is 11.5. The van der Waals surface area contributed by atoms with Crippen molar-refractivity contribution in [2.24, 2.45) is 0 Å². The van der Waals surface area contributed by atoms with Crippen molar-refractivity contribution in [1.29, 1.82) is 0 Å². The summed E-state index contributed by atoms with van der Waals surface area (Å²) in [6.07, 6.45) is 5.09. The van der Waals surface area contributed by atoms with Crippen molar-refractivity contribution in [3.63, 3.8) is 0 Å². The number of aliphatic hydroxyl groups is 1. The van der Waals surface area contributed by atoms with Gasteiger partial charge < -0.3 is 10.0 Å². The quantitative estimate of drug-likeness (QED) is 0.828. The molecule has 0 radical (unpaired) electrons. The van der Waals surface area contributed by atoms with Gasteiger partial charge in [0.15, 0.2) is 0 Å². The van der Waals surface area contributed by atoms with Crippen LogP contribution in [0.15, 0.2) is 18.3 Å². The Hall–Kier alpha value is -1.09. The van der Waals surface area contributed by atoms with E-state index in [-0.39, 0.29) is 0 Å². The molecule has 1 saturated carbocycles. The van der Waals surface area contributed by atoms with E-state index in [1.807, 2.05) is 12.1 Å². The van der Waals surface area contributed by atoms with E-state index in [9.17, 15) is 5.11 Å². The smallest absolute Gasteiger partial charge is 0.128 e. The Morgan fingerprint density at radius 3 is 2.69 bits per heavy atom. The molecule has 1 atom stereocenters. The van der Waals surface area contributed by atoms with Crippen molar-refractivity contribution in [2.75, 3.05) is 11.4 Å². The Morgan fingerprint density at radius 2 is 2.25 bits per heavy atom. The van der Waals surface area contributed by atoms with Gasteiger partial charge in [0.25, 0.3) is 0 Å². The average Bonchev–Trinajstić information content (AvgIpc) is 3.10. The minimum Gasteiger partial charge on any atom is -0.389 e. The summed E-state index contributed by atoms with van der Waals surface area (Å²) in [4.78, 5) is 6.83. The lowest BCUT2D eigenvalue weighted by Gasteiger charge is -2.23. The van der Waals surface area contributed by atoms with Gasteiger partial charge in [0.1, 0.15) is 5.82 Å². The second-order valence-electron chi connectivity index (χ2n) is 4.55. The Kier molecular flexibility index (Phi) is 3.44. The second-order valence-corrected chi connectivity index (χ2v) is 4.55. The van der Waals surface area contributed by atoms with Crippen LogP contribution in [0.1, 0.15) is 44.8 Å². The third kappa shape index (κ3) is 2.53. The van der Waals surface area contributed by atoms with Crippen molar-refractivity contribution in [3.8, 4) is 0 Å². The Labute approximate surface area is 97.1 Å². The molecule has 2 rings (SSSR count). The minimum absolute atomic E-state index is 0.429. The highest BCUT2D eigenvalue weighted by Crippen LogP contribution is 2.30. The summed E-state index contributed by atoms with van der Waals surface area (Å²) in [6, 6.07) is 4.69. The van der Waals surface area contributed by atoms with Gasteiger partial charge in [-0.25, -0.2) is 4.98 Å². The van der Waals surface area contributed by atoms with Crippen LogP contribution in [0, 0.1) is 0 Å². The van der Waals surface area contributed by atoms with Crippen LogP contribution in [-0.2, 0) is 0 Å². The number of hydrogen-bond acceptors (Lipinski definition) is 3. The van der Waals surface area contributed by atoms with Crippen molar-refractivity contribution in [3.05, 3.63) is 23.9 Å². The SMILES string of the molecule is CCCN(c1ccc([C@H](C)O)cn1)C1CC1. The summed E-state index contributed by atoms with van der Waals surface area (Å²) >= 11 is 0. The molecule has 0 amide bonds. The van der Waals surface area contributed by atoms with Gasteiger partial charge >= 0.3 is 0 Å². The molecule has 16 heavy (non-hydrogen) atoms. The number of hydrogen-bond donors (Lipinski definition) is 1. The number of rotatable bonds is 5. The average molecular weight is 220 g/mol. The molecule has 1 aliphatic rings. The summed E-state index contributed by atoms with van der Waals surface area (Å²) < 4.78 is 0. The first kappa shape index (κ1) is 11.4. The number of nitrogens with zero attached hydrogens (tertiary/aromatic N) is 2. The molecule has 1 heterocycles. The number of aromatic nitrogens is 1. The van der Waals surface area contributed by atoms with Crippen LogP contribution in [0.3, 0.4) is 0 Å². The van der Waals surface area contributed by atoms with Gasteiger partial charge in [-0.15, -0.1) is 0 Å². The normalized spacial score (nSPS) is 17.2. The van der Waals surface area contributed by atoms with Crippen LogP contribution in [0.2, 0.25) is 0 Å². The third-order valence-corrected chi connectivity index (χ3v) is 3.00. The van der Waals surface area contributed by atoms with Gasteiger partial charge in [0.2, 0.25) is 0 Å². The molecule has 0 bridgehead atoms. The fourth-order valence-corrected chi connectivity index (χ4v) is 1.93. The number of anilines is 1. The van der Waals surface area contributed by atoms with E-state index in [4.69, 9.17) is 0 Å². The van der Waals surface area contributed by atoms with Crippen molar-refractivity contribution >= 4 is 5.82 Å². The topological polar surface area (TPSA) is 36.4 Å². The van der Waals surface area contributed by atoms with Crippen LogP contribution in [-0.4, -0.2) is 22.7 Å². The molecule has 1 N–H and O–H groups in total. The van der Waals surface area contributed by atoms with Gasteiger partial charge in [0, 0.05) is 18.8 Å². The highest BCUT2D eigenvalue weighted by atomic mass is 16.3. The molecule has 3 heteroatoms. The fourth-order valence-electron chi connectivity index (χ4n) is 1.93. The summed E-state index contributed by atoms with van der Waals surface area (Å²) in [6.45, 7) is 5.03. The molecule has 1 aromatic heterocycles. The highest BCUT2D eigenvalue weighted by Gasteiger charge is 2.29. The maximum absolute atomic E-state index is 9.42. The standard InChI is InChI=1S/C13H20N2O/c1-3-8-15(12-5-6-12)13-7-4-11(9-14-13)10(2)16/h4,7,9-10,12,16H,3,5-6,8H2,1-2H3/t10-/m0/s1. The Bertz CT molecular complexity index is 330. The van der Waals surface area contributed by atoms with Crippen molar-refractivity contribution in [2.45, 2.75) is 45.3 Å². The van der Waals surface area contributed by atoms with E-state index in [2.05, 4.69) is 16.8 Å². The van der Waals surface area contributed by atoms with Gasteiger partial charge in [-0.2, -0.15) is 0 Å². The molecule has 0 saturated heterocycles. The molecular weight excluding hydrogens is 200 g/mol. The largest absolute Gasteiger partial charge is 0.389 e. The van der Waals surface area contributed by atoms with E-state index in [1.165, 1.54) is 12.8 Å². The molecule has 0 aromatic carbocycles. The molecule has 3 nitrogen and oxygen atoms in total. The number of pyridine rings is 1. The van der Waals surface area contributed by atoms with Gasteiger partial charge in [-0.05, 0) is 37.8 Å². The van der Waals surface area contributed by atoms with Gasteiger partial charge in [0.05, 0.1) is 6.10 Å². The zero-order valence-electron chi connectivity index (χ0n) is 10.1. The first-order chi connectivity index (χ1) is 7.72. The summed E-state index contributed by atoms with van der Waals surface area (Å²) in [7, 11) is 0. The van der Waals surface area contributed by atoms with Crippen LogP contribution in [0.5, 0.6) is 0 Å². The lowest BCUT2D eigenvalue weighted by atomic mass is 10.2. The van der Waals surface area contributed by atoms with Crippen molar-refractivity contribution in [1.82, 2.24) is 4.98 Å². The van der Waals surface area contributed by atoms with Crippen LogP contribution < -0.4 is 4.90 Å². The van der Waals surface area contributed by atoms with E-state index < -0.39 is 6.10 Å². The predicted octanol–water partition coefficient (Wildman–Crippen LogP) is 2.51. The molecule has 0 aliphatic heterocycles. The summed E-state index contributed by atoms with van der Waals surface area (Å²) in [5, 5.41) is 9.42. The zero-order valence-corrected chi connectivity index (χ0v) is 10.1. The first-order valence-corrected chi connectivity index (χ1v) is 6.13. The fraction of sp³-hybridized carbons (Fsp3) is 0.615. The predicted molar refractivity (Wildman–Crippen MR) is 65.5 cm³/mol. The lowest BCUT2D eigenvalue weighted by molar-refractivity contribution is 0.199. The third-order valence-electron chi connectivity index (χ3n) is 3.00. The molecule has 0 unspecified atom stereocenters. The Balaban J connectivity index is 2.11. The minimum atomic E-state index is -0.429. The van der Waals surface area contributed by atoms with E-state index in [0.29, 0.717) is 6.04 Å². The van der Waals surface area contributed by atoms with Crippen LogP contribution >= 0.6 is 0 Å². The molecule has 1 fully saturated rings. The van der Waals surface area contributed by atoms with Crippen LogP contribution in [0.4, 0.5) is 5.82 Å². The Morgan fingerprint density at radius 1 is 1.50 bits per heavy atom. The first-order valence-electron chi connectivity index (χ1n) is 6.13. The molecule has 0 spiro atoms. The van der Waals surface area contributed by atoms with Gasteiger partial charge in [-0.1, -0.05) is 13.0 Å². The molecule has 1 aliphatic carbocycles. The van der Waals surface area contributed by atoms with E-state index >= 15 is 0 Å². The summed E-state index contributed by atoms with van der Waals surface area (Å²) in [5.41, 5.74) is 0.885. The maximum Gasteiger partial charge on any atom is 0.128 e. The highest BCUT2D eigenvalue weighted by molar-refractivity contribution is 5.42. The van der Waals surface area contributed by atoms with E-state index in [1.54, 1.807) is 13.1 Å². The molecular formula is C13H20N2O. The molecule has 88 valence electrons. The molecule has 1 aromatic rings. The second kappa shape index (κ2) is 4.83. The summed E-state index contributed by atoms with van der Waals surface area (Å²) in [5.74, 6) is 1.05. The number of aliphatic hydroxyl groups excluding tert-OH is 1. The maximum atomic E-state index is 9.42. The monoisotopic (exact) mass is 220 g/mol. The van der Waals surface area contributed by atoms with E-state index in [0.717, 1.165) is 24.3 Å². The van der Waals surface area contributed by atoms with Crippen molar-refractivity contribution < 1.29 is 5.11 Å².